The Morgan fingerprint density at radius 3 is 2.67 bits per heavy atom. The van der Waals surface area contributed by atoms with E-state index >= 15 is 0 Å². The van der Waals surface area contributed by atoms with Gasteiger partial charge in [0.25, 0.3) is 0 Å². The molecule has 0 radical (unpaired) electrons. The van der Waals surface area contributed by atoms with E-state index in [0.29, 0.717) is 40.0 Å². The molecule has 1 aliphatic rings. The van der Waals surface area contributed by atoms with E-state index in [1.807, 2.05) is 31.7 Å². The highest BCUT2D eigenvalue weighted by molar-refractivity contribution is 6.35. The number of fused-ring (bicyclic) bond motifs is 1. The summed E-state index contributed by atoms with van der Waals surface area (Å²) in [6.07, 6.45) is 0.614. The summed E-state index contributed by atoms with van der Waals surface area (Å²) in [5, 5.41) is 1.17. The van der Waals surface area contributed by atoms with Gasteiger partial charge in [-0.1, -0.05) is 29.3 Å². The number of H-pyrrole nitrogens is 1. The first-order valence-corrected chi connectivity index (χ1v) is 10.4. The van der Waals surface area contributed by atoms with E-state index in [9.17, 15) is 9.18 Å². The number of amides is 2. The minimum atomic E-state index is -0.575. The fourth-order valence-corrected chi connectivity index (χ4v) is 4.45. The lowest BCUT2D eigenvalue weighted by Crippen LogP contribution is -2.48. The number of benzene rings is 1. The number of urea groups is 1. The van der Waals surface area contributed by atoms with Gasteiger partial charge in [0.1, 0.15) is 11.3 Å². The zero-order valence-electron chi connectivity index (χ0n) is 16.9. The van der Waals surface area contributed by atoms with Crippen LogP contribution in [0.5, 0.6) is 0 Å². The molecular weight excluding hydrogens is 428 g/mol. The molecule has 6 nitrogen and oxygen atoms in total. The van der Waals surface area contributed by atoms with Gasteiger partial charge >= 0.3 is 6.03 Å². The number of aromatic nitrogens is 3. The zero-order valence-corrected chi connectivity index (χ0v) is 18.4. The number of hydrogen-bond donors (Lipinski definition) is 1. The van der Waals surface area contributed by atoms with Crippen LogP contribution in [0.25, 0.3) is 11.2 Å². The van der Waals surface area contributed by atoms with Crippen LogP contribution in [0.15, 0.2) is 30.3 Å². The Hall–Kier alpha value is -2.38. The Labute approximate surface area is 184 Å². The van der Waals surface area contributed by atoms with Gasteiger partial charge in [0.05, 0.1) is 12.6 Å². The molecule has 158 valence electrons. The van der Waals surface area contributed by atoms with Crippen molar-refractivity contribution in [3.63, 3.8) is 0 Å². The fraction of sp³-hybridized carbons (Fsp3) is 0.381. The average Bonchev–Trinajstić information content (AvgIpc) is 3.17. The number of nitrogens with one attached hydrogen (secondary N) is 1. The van der Waals surface area contributed by atoms with Crippen LogP contribution >= 0.6 is 23.2 Å². The van der Waals surface area contributed by atoms with Crippen molar-refractivity contribution in [2.75, 3.05) is 6.54 Å². The van der Waals surface area contributed by atoms with Gasteiger partial charge in [0.15, 0.2) is 5.65 Å². The Balaban J connectivity index is 1.59. The molecule has 1 aliphatic heterocycles. The molecule has 3 aromatic rings. The first kappa shape index (κ1) is 20.9. The van der Waals surface area contributed by atoms with E-state index in [4.69, 9.17) is 23.2 Å². The van der Waals surface area contributed by atoms with Crippen LogP contribution in [-0.4, -0.2) is 48.9 Å². The van der Waals surface area contributed by atoms with Crippen LogP contribution in [0, 0.1) is 5.95 Å². The van der Waals surface area contributed by atoms with Crippen LogP contribution in [0.1, 0.15) is 32.2 Å². The lowest BCUT2D eigenvalue weighted by Gasteiger charge is -2.36. The molecule has 1 atom stereocenters. The summed E-state index contributed by atoms with van der Waals surface area (Å²) in [6, 6.07) is 8.12. The van der Waals surface area contributed by atoms with Crippen molar-refractivity contribution in [1.82, 2.24) is 24.8 Å². The molecule has 3 heterocycles. The Kier molecular flexibility index (Phi) is 5.36. The monoisotopic (exact) mass is 449 g/mol. The number of halogens is 3. The van der Waals surface area contributed by atoms with E-state index in [-0.39, 0.29) is 24.2 Å². The summed E-state index contributed by atoms with van der Waals surface area (Å²) in [4.78, 5) is 28.1. The third-order valence-corrected chi connectivity index (χ3v) is 5.75. The van der Waals surface area contributed by atoms with Crippen LogP contribution in [0.3, 0.4) is 0 Å². The molecular formula is C21H22Cl2FN5O. The number of carbonyl (C=O) groups excluding carboxylic acids is 1. The van der Waals surface area contributed by atoms with E-state index in [1.54, 1.807) is 23.1 Å². The van der Waals surface area contributed by atoms with Crippen molar-refractivity contribution in [2.24, 2.45) is 0 Å². The van der Waals surface area contributed by atoms with Gasteiger partial charge in [-0.15, -0.1) is 0 Å². The lowest BCUT2D eigenvalue weighted by atomic mass is 10.00. The molecule has 9 heteroatoms. The highest BCUT2D eigenvalue weighted by Gasteiger charge is 2.43. The average molecular weight is 450 g/mol. The molecule has 1 aromatic carbocycles. The van der Waals surface area contributed by atoms with Gasteiger partial charge in [0.2, 0.25) is 5.95 Å². The zero-order chi connectivity index (χ0) is 21.6. The fourth-order valence-electron chi connectivity index (χ4n) is 3.96. The largest absolute Gasteiger partial charge is 0.325 e. The Bertz CT molecular complexity index is 1110. The number of nitrogens with zero attached hydrogens (tertiary/aromatic N) is 4. The second-order valence-electron chi connectivity index (χ2n) is 8.48. The number of imidazole rings is 1. The SMILES string of the molecule is CC(C)(C)N1C(=O)N(Cc2nc3ccc(F)nc3[nH]2)CC1Cc1ccc(Cl)cc1Cl. The van der Waals surface area contributed by atoms with Crippen molar-refractivity contribution in [3.05, 3.63) is 57.7 Å². The third-order valence-electron chi connectivity index (χ3n) is 5.16. The summed E-state index contributed by atoms with van der Waals surface area (Å²) in [6.45, 7) is 6.85. The molecule has 2 aromatic heterocycles. The Morgan fingerprint density at radius 2 is 1.97 bits per heavy atom. The van der Waals surface area contributed by atoms with Crippen LogP contribution in [0.4, 0.5) is 9.18 Å². The number of carbonyl (C=O) groups is 1. The molecule has 1 N–H and O–H groups in total. The summed E-state index contributed by atoms with van der Waals surface area (Å²) >= 11 is 12.4. The summed E-state index contributed by atoms with van der Waals surface area (Å²) < 4.78 is 13.4. The standard InChI is InChI=1S/C21H22Cl2FN5O/c1-21(2,3)29-14(8-12-4-5-13(22)9-15(12)23)10-28(20(29)30)11-18-25-16-6-7-17(24)26-19(16)27-18/h4-7,9,14H,8,10-11H2,1-3H3,(H,25,26,27). The highest BCUT2D eigenvalue weighted by atomic mass is 35.5. The molecule has 0 bridgehead atoms. The van der Waals surface area contributed by atoms with Crippen LogP contribution in [0.2, 0.25) is 10.0 Å². The quantitative estimate of drug-likeness (QED) is 0.566. The number of aromatic amines is 1. The first-order valence-electron chi connectivity index (χ1n) is 9.65. The lowest BCUT2D eigenvalue weighted by molar-refractivity contribution is 0.133. The third kappa shape index (κ3) is 4.09. The van der Waals surface area contributed by atoms with Crippen molar-refractivity contribution >= 4 is 40.4 Å². The predicted molar refractivity (Wildman–Crippen MR) is 115 cm³/mol. The molecule has 4 rings (SSSR count). The summed E-state index contributed by atoms with van der Waals surface area (Å²) in [7, 11) is 0. The summed E-state index contributed by atoms with van der Waals surface area (Å²) in [5.41, 5.74) is 1.51. The van der Waals surface area contributed by atoms with Crippen molar-refractivity contribution < 1.29 is 9.18 Å². The van der Waals surface area contributed by atoms with Crippen molar-refractivity contribution in [3.8, 4) is 0 Å². The number of rotatable bonds is 4. The maximum absolute atomic E-state index is 13.4. The molecule has 30 heavy (non-hydrogen) atoms. The van der Waals surface area contributed by atoms with Gasteiger partial charge in [-0.2, -0.15) is 9.37 Å². The van der Waals surface area contributed by atoms with Gasteiger partial charge in [-0.3, -0.25) is 0 Å². The van der Waals surface area contributed by atoms with Gasteiger partial charge < -0.3 is 14.8 Å². The molecule has 0 saturated carbocycles. The van der Waals surface area contributed by atoms with Crippen LogP contribution in [-0.2, 0) is 13.0 Å². The number of pyridine rings is 1. The smallest absolute Gasteiger partial charge is 0.321 e. The van der Waals surface area contributed by atoms with Gasteiger partial charge in [0, 0.05) is 22.1 Å². The maximum Gasteiger partial charge on any atom is 0.321 e. The molecule has 0 aliphatic carbocycles. The molecule has 0 spiro atoms. The van der Waals surface area contributed by atoms with E-state index in [0.717, 1.165) is 5.56 Å². The van der Waals surface area contributed by atoms with E-state index in [2.05, 4.69) is 15.0 Å². The first-order chi connectivity index (χ1) is 14.1. The van der Waals surface area contributed by atoms with Gasteiger partial charge in [-0.25, -0.2) is 9.78 Å². The minimum Gasteiger partial charge on any atom is -0.325 e. The molecule has 1 saturated heterocycles. The normalized spacial score (nSPS) is 17.4. The predicted octanol–water partition coefficient (Wildman–Crippen LogP) is 5.05. The minimum absolute atomic E-state index is 0.0591. The topological polar surface area (TPSA) is 65.1 Å². The molecule has 1 unspecified atom stereocenters. The van der Waals surface area contributed by atoms with E-state index < -0.39 is 5.95 Å². The van der Waals surface area contributed by atoms with Gasteiger partial charge in [-0.05, 0) is 57.0 Å². The van der Waals surface area contributed by atoms with Crippen molar-refractivity contribution in [1.29, 1.82) is 0 Å². The number of hydrogen-bond acceptors (Lipinski definition) is 3. The Morgan fingerprint density at radius 1 is 1.20 bits per heavy atom. The van der Waals surface area contributed by atoms with Crippen molar-refractivity contribution in [2.45, 2.75) is 45.3 Å². The van der Waals surface area contributed by atoms with E-state index in [1.165, 1.54) is 6.07 Å². The van der Waals surface area contributed by atoms with Crippen LogP contribution < -0.4 is 0 Å². The summed E-state index contributed by atoms with van der Waals surface area (Å²) in [5.74, 6) is -0.00996. The molecule has 2 amide bonds. The highest BCUT2D eigenvalue weighted by Crippen LogP contribution is 2.31. The maximum atomic E-state index is 13.4. The second-order valence-corrected chi connectivity index (χ2v) is 9.33. The molecule has 1 fully saturated rings. The second kappa shape index (κ2) is 7.71.